The highest BCUT2D eigenvalue weighted by molar-refractivity contribution is 7.91. The predicted molar refractivity (Wildman–Crippen MR) is 114 cm³/mol. The summed E-state index contributed by atoms with van der Waals surface area (Å²) < 4.78 is 24.1. The van der Waals surface area contributed by atoms with Crippen LogP contribution in [-0.4, -0.2) is 30.9 Å². The van der Waals surface area contributed by atoms with Crippen molar-refractivity contribution in [2.45, 2.75) is 18.7 Å². The lowest BCUT2D eigenvalue weighted by Gasteiger charge is -2.08. The summed E-state index contributed by atoms with van der Waals surface area (Å²) >= 11 is 0. The Hall–Kier alpha value is -2.76. The summed E-state index contributed by atoms with van der Waals surface area (Å²) in [6.45, 7) is 3.64. The van der Waals surface area contributed by atoms with Crippen molar-refractivity contribution in [2.75, 3.05) is 12.4 Å². The smallest absolute Gasteiger partial charge is 0.180 e. The summed E-state index contributed by atoms with van der Waals surface area (Å²) in [6.07, 6.45) is 4.03. The Kier molecular flexibility index (Phi) is 6.07. The lowest BCUT2D eigenvalue weighted by molar-refractivity contribution is 0.319. The molecule has 0 bridgehead atoms. The molecule has 0 radical (unpaired) electrons. The maximum absolute atomic E-state index is 12.0. The number of benzene rings is 2. The predicted octanol–water partition coefficient (Wildman–Crippen LogP) is 4.30. The Bertz CT molecular complexity index is 1100. The van der Waals surface area contributed by atoms with Gasteiger partial charge in [-0.1, -0.05) is 36.4 Å². The van der Waals surface area contributed by atoms with Crippen molar-refractivity contribution in [2.24, 2.45) is 0 Å². The fourth-order valence-electron chi connectivity index (χ4n) is 2.92. The van der Waals surface area contributed by atoms with E-state index in [1.807, 2.05) is 43.3 Å². The third-order valence-corrected chi connectivity index (χ3v) is 6.24. The average Bonchev–Trinajstić information content (AvgIpc) is 2.67. The van der Waals surface area contributed by atoms with Crippen LogP contribution in [0, 0.1) is 13.8 Å². The highest BCUT2D eigenvalue weighted by Gasteiger charge is 2.13. The number of hydrogen-bond donors (Lipinski definition) is 1. The lowest BCUT2D eigenvalue weighted by Crippen LogP contribution is -2.09. The SMILES string of the molecule is Cc1cccc(/C=C/c2cc(-c3ccc(S(=O)(=O)CCO)cc3)ccc2C)n1. The molecule has 2 aromatic carbocycles. The molecule has 4 nitrogen and oxygen atoms in total. The van der Waals surface area contributed by atoms with Gasteiger partial charge in [-0.2, -0.15) is 0 Å². The van der Waals surface area contributed by atoms with Gasteiger partial charge >= 0.3 is 0 Å². The molecule has 0 aliphatic heterocycles. The summed E-state index contributed by atoms with van der Waals surface area (Å²) in [6, 6.07) is 18.8. The summed E-state index contributed by atoms with van der Waals surface area (Å²) in [7, 11) is -3.44. The number of hydrogen-bond acceptors (Lipinski definition) is 4. The lowest BCUT2D eigenvalue weighted by atomic mass is 9.99. The van der Waals surface area contributed by atoms with E-state index in [0.29, 0.717) is 0 Å². The van der Waals surface area contributed by atoms with Gasteiger partial charge in [0.1, 0.15) is 0 Å². The molecule has 1 aromatic heterocycles. The van der Waals surface area contributed by atoms with Crippen molar-refractivity contribution >= 4 is 22.0 Å². The van der Waals surface area contributed by atoms with E-state index in [4.69, 9.17) is 5.11 Å². The van der Waals surface area contributed by atoms with E-state index in [0.717, 1.165) is 33.6 Å². The van der Waals surface area contributed by atoms with Crippen molar-refractivity contribution in [1.29, 1.82) is 0 Å². The highest BCUT2D eigenvalue weighted by atomic mass is 32.2. The van der Waals surface area contributed by atoms with Gasteiger partial charge in [0.25, 0.3) is 0 Å². The van der Waals surface area contributed by atoms with Crippen molar-refractivity contribution in [3.8, 4) is 11.1 Å². The molecule has 0 aliphatic rings. The maximum Gasteiger partial charge on any atom is 0.180 e. The normalized spacial score (nSPS) is 11.8. The van der Waals surface area contributed by atoms with Crippen molar-refractivity contribution in [3.63, 3.8) is 0 Å². The maximum atomic E-state index is 12.0. The van der Waals surface area contributed by atoms with Gasteiger partial charge in [0.15, 0.2) is 9.84 Å². The number of pyridine rings is 1. The largest absolute Gasteiger partial charge is 0.395 e. The topological polar surface area (TPSA) is 67.3 Å². The van der Waals surface area contributed by atoms with Gasteiger partial charge in [-0.25, -0.2) is 8.42 Å². The minimum atomic E-state index is -3.44. The number of aliphatic hydroxyl groups excluding tert-OH is 1. The molecule has 1 N–H and O–H groups in total. The molecule has 0 aliphatic carbocycles. The third kappa shape index (κ3) is 4.74. The molecule has 144 valence electrons. The minimum Gasteiger partial charge on any atom is -0.395 e. The van der Waals surface area contributed by atoms with Crippen LogP contribution < -0.4 is 0 Å². The fraction of sp³-hybridized carbons (Fsp3) is 0.174. The standard InChI is InChI=1S/C23H23NO3S/c1-17-6-7-21(16-20(17)8-11-22-5-3-4-18(2)24-22)19-9-12-23(13-10-19)28(26,27)15-14-25/h3-13,16,25H,14-15H2,1-2H3/b11-8+. The number of aromatic nitrogens is 1. The molecule has 0 unspecified atom stereocenters. The van der Waals surface area contributed by atoms with Gasteiger partial charge < -0.3 is 5.11 Å². The third-order valence-electron chi connectivity index (χ3n) is 4.53. The van der Waals surface area contributed by atoms with Gasteiger partial charge in [-0.15, -0.1) is 0 Å². The molecule has 5 heteroatoms. The molecule has 0 saturated carbocycles. The number of rotatable bonds is 6. The molecule has 28 heavy (non-hydrogen) atoms. The zero-order valence-electron chi connectivity index (χ0n) is 16.0. The van der Waals surface area contributed by atoms with Crippen LogP contribution in [0.2, 0.25) is 0 Å². The van der Waals surface area contributed by atoms with E-state index in [2.05, 4.69) is 24.0 Å². The summed E-state index contributed by atoms with van der Waals surface area (Å²) in [5, 5.41) is 8.91. The minimum absolute atomic E-state index is 0.225. The summed E-state index contributed by atoms with van der Waals surface area (Å²) in [4.78, 5) is 4.71. The van der Waals surface area contributed by atoms with E-state index in [9.17, 15) is 8.42 Å². The first kappa shape index (κ1) is 20.0. The molecule has 1 heterocycles. The molecule has 0 amide bonds. The van der Waals surface area contributed by atoms with Crippen LogP contribution in [-0.2, 0) is 9.84 Å². The Morgan fingerprint density at radius 3 is 2.32 bits per heavy atom. The van der Waals surface area contributed by atoms with Crippen LogP contribution in [0.4, 0.5) is 0 Å². The first-order valence-corrected chi connectivity index (χ1v) is 10.7. The van der Waals surface area contributed by atoms with E-state index >= 15 is 0 Å². The van der Waals surface area contributed by atoms with Gasteiger partial charge in [0.05, 0.1) is 22.9 Å². The molecular weight excluding hydrogens is 370 g/mol. The van der Waals surface area contributed by atoms with Crippen LogP contribution in [0.1, 0.15) is 22.5 Å². The molecule has 0 saturated heterocycles. The summed E-state index contributed by atoms with van der Waals surface area (Å²) in [5.74, 6) is -0.265. The number of aliphatic hydroxyl groups is 1. The summed E-state index contributed by atoms with van der Waals surface area (Å²) in [5.41, 5.74) is 6.06. The second kappa shape index (κ2) is 8.50. The number of aryl methyl sites for hydroxylation is 2. The van der Waals surface area contributed by atoms with Gasteiger partial charge in [0.2, 0.25) is 0 Å². The second-order valence-electron chi connectivity index (χ2n) is 6.68. The number of sulfone groups is 1. The van der Waals surface area contributed by atoms with Crippen LogP contribution in [0.15, 0.2) is 65.6 Å². The second-order valence-corrected chi connectivity index (χ2v) is 8.78. The van der Waals surface area contributed by atoms with Crippen LogP contribution >= 0.6 is 0 Å². The van der Waals surface area contributed by atoms with Crippen molar-refractivity contribution in [1.82, 2.24) is 4.98 Å². The van der Waals surface area contributed by atoms with Gasteiger partial charge in [-0.3, -0.25) is 4.98 Å². The Labute approximate surface area is 166 Å². The Balaban J connectivity index is 1.89. The molecule has 0 atom stereocenters. The zero-order valence-corrected chi connectivity index (χ0v) is 16.8. The van der Waals surface area contributed by atoms with Crippen molar-refractivity contribution in [3.05, 3.63) is 83.2 Å². The van der Waals surface area contributed by atoms with E-state index < -0.39 is 9.84 Å². The first-order valence-electron chi connectivity index (χ1n) is 9.05. The molecule has 3 rings (SSSR count). The molecule has 0 fully saturated rings. The Morgan fingerprint density at radius 1 is 0.929 bits per heavy atom. The fourth-order valence-corrected chi connectivity index (χ4v) is 3.95. The average molecular weight is 394 g/mol. The first-order chi connectivity index (χ1) is 13.4. The van der Waals surface area contributed by atoms with E-state index in [1.54, 1.807) is 24.3 Å². The molecular formula is C23H23NO3S. The van der Waals surface area contributed by atoms with Crippen molar-refractivity contribution < 1.29 is 13.5 Å². The van der Waals surface area contributed by atoms with Crippen LogP contribution in [0.5, 0.6) is 0 Å². The zero-order chi connectivity index (χ0) is 20.1. The van der Waals surface area contributed by atoms with Crippen LogP contribution in [0.3, 0.4) is 0 Å². The van der Waals surface area contributed by atoms with Gasteiger partial charge in [0, 0.05) is 5.69 Å². The van der Waals surface area contributed by atoms with E-state index in [1.165, 1.54) is 0 Å². The quantitative estimate of drug-likeness (QED) is 0.678. The number of nitrogens with zero attached hydrogens (tertiary/aromatic N) is 1. The van der Waals surface area contributed by atoms with Crippen LogP contribution in [0.25, 0.3) is 23.3 Å². The van der Waals surface area contributed by atoms with E-state index in [-0.39, 0.29) is 17.3 Å². The molecule has 0 spiro atoms. The monoisotopic (exact) mass is 393 g/mol. The molecule has 3 aromatic rings. The van der Waals surface area contributed by atoms with Gasteiger partial charge in [-0.05, 0) is 72.5 Å². The Morgan fingerprint density at radius 2 is 1.64 bits per heavy atom. The highest BCUT2D eigenvalue weighted by Crippen LogP contribution is 2.25.